The maximum absolute atomic E-state index is 12.2. The Morgan fingerprint density at radius 1 is 1.17 bits per heavy atom. The molecule has 5 nitrogen and oxygen atoms in total. The van der Waals surface area contributed by atoms with Crippen LogP contribution in [0.1, 0.15) is 40.8 Å². The molecule has 3 rings (SSSR count). The van der Waals surface area contributed by atoms with Gasteiger partial charge in [-0.1, -0.05) is 49.4 Å². The molecule has 2 heterocycles. The highest BCUT2D eigenvalue weighted by Gasteiger charge is 2.14. The summed E-state index contributed by atoms with van der Waals surface area (Å²) in [5, 5.41) is 14.4. The van der Waals surface area contributed by atoms with Gasteiger partial charge in [0.2, 0.25) is 5.13 Å². The summed E-state index contributed by atoms with van der Waals surface area (Å²) in [6.45, 7) is 6.17. The standard InChI is InChI=1S/C16H16N4OS2/c1-9(2)11-4-6-12(7-5-11)15-17-13(8-22-15)14(21)18-16-20-19-10(3)23-16/h4-9H,1-3H3,(H,18,20,21). The van der Waals surface area contributed by atoms with Crippen molar-refractivity contribution in [3.63, 3.8) is 0 Å². The van der Waals surface area contributed by atoms with Crippen LogP contribution in [-0.2, 0) is 0 Å². The van der Waals surface area contributed by atoms with Gasteiger partial charge in [-0.3, -0.25) is 10.1 Å². The summed E-state index contributed by atoms with van der Waals surface area (Å²) < 4.78 is 0. The van der Waals surface area contributed by atoms with Gasteiger partial charge in [-0.15, -0.1) is 21.5 Å². The minimum Gasteiger partial charge on any atom is -0.295 e. The first-order valence-electron chi connectivity index (χ1n) is 7.20. The molecule has 0 saturated carbocycles. The van der Waals surface area contributed by atoms with Crippen LogP contribution < -0.4 is 5.32 Å². The van der Waals surface area contributed by atoms with E-state index in [1.807, 2.05) is 19.1 Å². The summed E-state index contributed by atoms with van der Waals surface area (Å²) in [6, 6.07) is 8.30. The number of amides is 1. The fourth-order valence-corrected chi connectivity index (χ4v) is 3.42. The van der Waals surface area contributed by atoms with Gasteiger partial charge in [0.15, 0.2) is 0 Å². The topological polar surface area (TPSA) is 67.8 Å². The Morgan fingerprint density at radius 2 is 1.91 bits per heavy atom. The quantitative estimate of drug-likeness (QED) is 0.764. The molecule has 1 N–H and O–H groups in total. The van der Waals surface area contributed by atoms with Crippen LogP contribution in [0.3, 0.4) is 0 Å². The van der Waals surface area contributed by atoms with Gasteiger partial charge >= 0.3 is 0 Å². The molecule has 0 atom stereocenters. The molecule has 0 fully saturated rings. The zero-order valence-electron chi connectivity index (χ0n) is 13.0. The normalized spacial score (nSPS) is 11.0. The van der Waals surface area contributed by atoms with E-state index in [1.165, 1.54) is 28.2 Å². The van der Waals surface area contributed by atoms with Crippen LogP contribution in [0, 0.1) is 6.92 Å². The second-order valence-electron chi connectivity index (χ2n) is 5.39. The minimum atomic E-state index is -0.262. The Labute approximate surface area is 142 Å². The highest BCUT2D eigenvalue weighted by Crippen LogP contribution is 2.26. The van der Waals surface area contributed by atoms with Gasteiger partial charge in [-0.25, -0.2) is 4.98 Å². The second-order valence-corrected chi connectivity index (χ2v) is 7.43. The molecule has 0 aliphatic heterocycles. The molecule has 0 bridgehead atoms. The molecule has 118 valence electrons. The second kappa shape index (κ2) is 6.55. The molecule has 3 aromatic rings. The molecular formula is C16H16N4OS2. The van der Waals surface area contributed by atoms with E-state index in [1.54, 1.807) is 5.38 Å². The van der Waals surface area contributed by atoms with Crippen LogP contribution in [0.4, 0.5) is 5.13 Å². The first-order valence-corrected chi connectivity index (χ1v) is 8.90. The number of aromatic nitrogens is 3. The molecule has 0 unspecified atom stereocenters. The van der Waals surface area contributed by atoms with Crippen molar-refractivity contribution < 1.29 is 4.79 Å². The SMILES string of the molecule is Cc1nnc(NC(=O)c2csc(-c3ccc(C(C)C)cc3)n2)s1. The smallest absolute Gasteiger partial charge is 0.276 e. The van der Waals surface area contributed by atoms with Crippen LogP contribution in [0.2, 0.25) is 0 Å². The zero-order valence-corrected chi connectivity index (χ0v) is 14.7. The van der Waals surface area contributed by atoms with E-state index in [9.17, 15) is 4.79 Å². The minimum absolute atomic E-state index is 0.262. The number of thiazole rings is 1. The molecular weight excluding hydrogens is 328 g/mol. The maximum Gasteiger partial charge on any atom is 0.276 e. The van der Waals surface area contributed by atoms with Crippen molar-refractivity contribution in [1.29, 1.82) is 0 Å². The van der Waals surface area contributed by atoms with E-state index in [0.29, 0.717) is 16.7 Å². The fraction of sp³-hybridized carbons (Fsp3) is 0.250. The van der Waals surface area contributed by atoms with E-state index >= 15 is 0 Å². The number of carbonyl (C=O) groups is 1. The van der Waals surface area contributed by atoms with Crippen molar-refractivity contribution in [2.24, 2.45) is 0 Å². The molecule has 0 spiro atoms. The molecule has 7 heteroatoms. The van der Waals surface area contributed by atoms with Gasteiger partial charge < -0.3 is 0 Å². The third kappa shape index (κ3) is 3.62. The van der Waals surface area contributed by atoms with Crippen LogP contribution in [0.25, 0.3) is 10.6 Å². The van der Waals surface area contributed by atoms with Crippen molar-refractivity contribution >= 4 is 33.7 Å². The van der Waals surface area contributed by atoms with E-state index in [2.05, 4.69) is 46.5 Å². The monoisotopic (exact) mass is 344 g/mol. The first-order chi connectivity index (χ1) is 11.0. The van der Waals surface area contributed by atoms with Crippen LogP contribution in [0.15, 0.2) is 29.6 Å². The van der Waals surface area contributed by atoms with Crippen molar-refractivity contribution in [3.8, 4) is 10.6 Å². The molecule has 1 aromatic carbocycles. The molecule has 2 aromatic heterocycles. The Balaban J connectivity index is 1.75. The van der Waals surface area contributed by atoms with E-state index < -0.39 is 0 Å². The average Bonchev–Trinajstić information content (AvgIpc) is 3.16. The predicted molar refractivity (Wildman–Crippen MR) is 94.2 cm³/mol. The Hall–Kier alpha value is -2.12. The molecule has 0 aliphatic rings. The predicted octanol–water partition coefficient (Wildman–Crippen LogP) is 4.35. The number of hydrogen-bond donors (Lipinski definition) is 1. The van der Waals surface area contributed by atoms with Gasteiger partial charge in [0, 0.05) is 10.9 Å². The summed E-state index contributed by atoms with van der Waals surface area (Å²) in [6.07, 6.45) is 0. The zero-order chi connectivity index (χ0) is 16.4. The number of hydrogen-bond acceptors (Lipinski definition) is 6. The first kappa shape index (κ1) is 15.8. The lowest BCUT2D eigenvalue weighted by Gasteiger charge is -2.05. The van der Waals surface area contributed by atoms with Crippen LogP contribution >= 0.6 is 22.7 Å². The third-order valence-corrected chi connectivity index (χ3v) is 4.95. The lowest BCUT2D eigenvalue weighted by Crippen LogP contribution is -2.12. The summed E-state index contributed by atoms with van der Waals surface area (Å²) in [4.78, 5) is 16.6. The van der Waals surface area contributed by atoms with Crippen molar-refractivity contribution in [2.75, 3.05) is 5.32 Å². The number of benzene rings is 1. The number of nitrogens with zero attached hydrogens (tertiary/aromatic N) is 3. The largest absolute Gasteiger partial charge is 0.295 e. The molecule has 0 saturated heterocycles. The number of anilines is 1. The van der Waals surface area contributed by atoms with Gasteiger partial charge in [0.1, 0.15) is 15.7 Å². The van der Waals surface area contributed by atoms with Gasteiger partial charge in [-0.2, -0.15) is 0 Å². The Kier molecular flexibility index (Phi) is 4.49. The lowest BCUT2D eigenvalue weighted by atomic mass is 10.0. The van der Waals surface area contributed by atoms with E-state index in [4.69, 9.17) is 0 Å². The number of aryl methyl sites for hydroxylation is 1. The average molecular weight is 344 g/mol. The highest BCUT2D eigenvalue weighted by molar-refractivity contribution is 7.15. The highest BCUT2D eigenvalue weighted by atomic mass is 32.1. The van der Waals surface area contributed by atoms with Crippen molar-refractivity contribution in [2.45, 2.75) is 26.7 Å². The van der Waals surface area contributed by atoms with Gasteiger partial charge in [0.25, 0.3) is 5.91 Å². The number of rotatable bonds is 4. The Bertz CT molecular complexity index is 821. The molecule has 0 radical (unpaired) electrons. The number of nitrogens with one attached hydrogen (secondary N) is 1. The summed E-state index contributed by atoms with van der Waals surface area (Å²) >= 11 is 2.80. The maximum atomic E-state index is 12.2. The van der Waals surface area contributed by atoms with E-state index in [-0.39, 0.29) is 5.91 Å². The molecule has 1 amide bonds. The van der Waals surface area contributed by atoms with Crippen molar-refractivity contribution in [3.05, 3.63) is 45.9 Å². The van der Waals surface area contributed by atoms with Crippen LogP contribution in [0.5, 0.6) is 0 Å². The van der Waals surface area contributed by atoms with E-state index in [0.717, 1.165) is 15.6 Å². The van der Waals surface area contributed by atoms with Gasteiger partial charge in [0.05, 0.1) is 0 Å². The lowest BCUT2D eigenvalue weighted by molar-refractivity contribution is 0.102. The van der Waals surface area contributed by atoms with Crippen LogP contribution in [-0.4, -0.2) is 21.1 Å². The van der Waals surface area contributed by atoms with Gasteiger partial charge in [-0.05, 0) is 18.4 Å². The number of carbonyl (C=O) groups excluding carboxylic acids is 1. The van der Waals surface area contributed by atoms with Crippen molar-refractivity contribution in [1.82, 2.24) is 15.2 Å². The Morgan fingerprint density at radius 3 is 2.52 bits per heavy atom. The summed E-state index contributed by atoms with van der Waals surface area (Å²) in [5.74, 6) is 0.236. The molecule has 23 heavy (non-hydrogen) atoms. The third-order valence-electron chi connectivity index (χ3n) is 3.31. The summed E-state index contributed by atoms with van der Waals surface area (Å²) in [5.41, 5.74) is 2.70. The molecule has 0 aliphatic carbocycles. The fourth-order valence-electron chi connectivity index (χ4n) is 2.03. The summed E-state index contributed by atoms with van der Waals surface area (Å²) in [7, 11) is 0.